The van der Waals surface area contributed by atoms with E-state index in [1.165, 1.54) is 0 Å². The molecule has 0 bridgehead atoms. The van der Waals surface area contributed by atoms with Crippen molar-refractivity contribution in [2.75, 3.05) is 32.6 Å². The van der Waals surface area contributed by atoms with Crippen molar-refractivity contribution in [1.82, 2.24) is 4.90 Å². The quantitative estimate of drug-likeness (QED) is 0.843. The standard InChI is InChI=1S/C22H23N3O4/c1-28-19-11-17(12-20(13-19)29-2)22(27)25-8-6-16(7-9-25)21(26)24-18-5-3-4-15(10-18)14-23/h3-5,10-13,16H,6-9H2,1-2H3,(H,24,26). The average molecular weight is 393 g/mol. The molecule has 1 aliphatic heterocycles. The summed E-state index contributed by atoms with van der Waals surface area (Å²) in [5.74, 6) is 0.741. The van der Waals surface area contributed by atoms with Gasteiger partial charge >= 0.3 is 0 Å². The number of anilines is 1. The first-order valence-corrected chi connectivity index (χ1v) is 9.37. The van der Waals surface area contributed by atoms with Crippen LogP contribution in [0.25, 0.3) is 0 Å². The van der Waals surface area contributed by atoms with Gasteiger partial charge in [-0.15, -0.1) is 0 Å². The zero-order chi connectivity index (χ0) is 20.8. The molecular weight excluding hydrogens is 370 g/mol. The predicted molar refractivity (Wildman–Crippen MR) is 108 cm³/mol. The van der Waals surface area contributed by atoms with Crippen LogP contribution in [-0.4, -0.2) is 44.0 Å². The van der Waals surface area contributed by atoms with Crippen molar-refractivity contribution in [3.63, 3.8) is 0 Å². The van der Waals surface area contributed by atoms with Crippen LogP contribution in [0, 0.1) is 17.2 Å². The maximum Gasteiger partial charge on any atom is 0.254 e. The lowest BCUT2D eigenvalue weighted by molar-refractivity contribution is -0.121. The summed E-state index contributed by atoms with van der Waals surface area (Å²) in [5.41, 5.74) is 1.60. The molecule has 0 spiro atoms. The van der Waals surface area contributed by atoms with Gasteiger partial charge in [-0.3, -0.25) is 9.59 Å². The van der Waals surface area contributed by atoms with E-state index in [0.29, 0.717) is 54.2 Å². The highest BCUT2D eigenvalue weighted by atomic mass is 16.5. The van der Waals surface area contributed by atoms with Gasteiger partial charge in [-0.2, -0.15) is 5.26 Å². The summed E-state index contributed by atoms with van der Waals surface area (Å²) in [5, 5.41) is 11.8. The summed E-state index contributed by atoms with van der Waals surface area (Å²) in [6.45, 7) is 0.989. The van der Waals surface area contributed by atoms with Gasteiger partial charge in [0.15, 0.2) is 0 Å². The second-order valence-electron chi connectivity index (χ2n) is 6.85. The highest BCUT2D eigenvalue weighted by Crippen LogP contribution is 2.26. The van der Waals surface area contributed by atoms with Crippen LogP contribution >= 0.6 is 0 Å². The van der Waals surface area contributed by atoms with Gasteiger partial charge in [0.1, 0.15) is 11.5 Å². The highest BCUT2D eigenvalue weighted by Gasteiger charge is 2.28. The van der Waals surface area contributed by atoms with Crippen LogP contribution in [0.2, 0.25) is 0 Å². The number of carbonyl (C=O) groups excluding carboxylic acids is 2. The van der Waals surface area contributed by atoms with Crippen LogP contribution in [0.4, 0.5) is 5.69 Å². The first kappa shape index (κ1) is 20.2. The molecule has 2 aromatic carbocycles. The number of carbonyl (C=O) groups is 2. The summed E-state index contributed by atoms with van der Waals surface area (Å²) in [6.07, 6.45) is 1.16. The molecule has 3 rings (SSSR count). The van der Waals surface area contributed by atoms with Crippen molar-refractivity contribution in [2.45, 2.75) is 12.8 Å². The third-order valence-corrected chi connectivity index (χ3v) is 5.01. The molecule has 0 atom stereocenters. The molecular formula is C22H23N3O4. The minimum Gasteiger partial charge on any atom is -0.497 e. The van der Waals surface area contributed by atoms with Crippen molar-refractivity contribution in [1.29, 1.82) is 5.26 Å². The van der Waals surface area contributed by atoms with Gasteiger partial charge in [0, 0.05) is 36.3 Å². The van der Waals surface area contributed by atoms with Gasteiger partial charge in [0.05, 0.1) is 25.9 Å². The van der Waals surface area contributed by atoms with Crippen LogP contribution in [0.3, 0.4) is 0 Å². The number of benzene rings is 2. The Bertz CT molecular complexity index is 921. The number of piperidine rings is 1. The number of likely N-dealkylation sites (tertiary alicyclic amines) is 1. The second kappa shape index (κ2) is 9.11. The van der Waals surface area contributed by atoms with Gasteiger partial charge in [-0.05, 0) is 43.2 Å². The number of nitriles is 1. The van der Waals surface area contributed by atoms with E-state index in [0.717, 1.165) is 0 Å². The molecule has 29 heavy (non-hydrogen) atoms. The number of nitrogens with zero attached hydrogens (tertiary/aromatic N) is 2. The van der Waals surface area contributed by atoms with Crippen LogP contribution in [0.1, 0.15) is 28.8 Å². The van der Waals surface area contributed by atoms with Gasteiger partial charge in [0.25, 0.3) is 5.91 Å². The Labute approximate surface area is 169 Å². The van der Waals surface area contributed by atoms with Gasteiger partial charge in [-0.25, -0.2) is 0 Å². The Morgan fingerprint density at radius 3 is 2.31 bits per heavy atom. The Hall–Kier alpha value is -3.53. The predicted octanol–water partition coefficient (Wildman–Crippen LogP) is 3.07. The molecule has 2 aromatic rings. The van der Waals surface area contributed by atoms with Crippen molar-refractivity contribution in [3.8, 4) is 17.6 Å². The fourth-order valence-corrected chi connectivity index (χ4v) is 3.37. The van der Waals surface area contributed by atoms with Crippen LogP contribution in [0.5, 0.6) is 11.5 Å². The number of methoxy groups -OCH3 is 2. The Balaban J connectivity index is 1.60. The Morgan fingerprint density at radius 2 is 1.72 bits per heavy atom. The van der Waals surface area contributed by atoms with Crippen LogP contribution < -0.4 is 14.8 Å². The van der Waals surface area contributed by atoms with Crippen molar-refractivity contribution >= 4 is 17.5 Å². The third-order valence-electron chi connectivity index (χ3n) is 5.01. The van der Waals surface area contributed by atoms with E-state index in [-0.39, 0.29) is 17.7 Å². The molecule has 0 unspecified atom stereocenters. The highest BCUT2D eigenvalue weighted by molar-refractivity contribution is 5.96. The summed E-state index contributed by atoms with van der Waals surface area (Å²) in [4.78, 5) is 27.2. The van der Waals surface area contributed by atoms with E-state index in [9.17, 15) is 9.59 Å². The number of hydrogen-bond donors (Lipinski definition) is 1. The number of amides is 2. The smallest absolute Gasteiger partial charge is 0.254 e. The monoisotopic (exact) mass is 393 g/mol. The molecule has 0 radical (unpaired) electrons. The molecule has 1 N–H and O–H groups in total. The first-order chi connectivity index (χ1) is 14.0. The maximum atomic E-state index is 12.9. The van der Waals surface area contributed by atoms with E-state index in [2.05, 4.69) is 11.4 Å². The number of ether oxygens (including phenoxy) is 2. The minimum atomic E-state index is -0.176. The molecule has 0 aromatic heterocycles. The molecule has 2 amide bonds. The lowest BCUT2D eigenvalue weighted by Crippen LogP contribution is -2.41. The number of rotatable bonds is 5. The van der Waals surface area contributed by atoms with E-state index in [4.69, 9.17) is 14.7 Å². The zero-order valence-electron chi connectivity index (χ0n) is 16.5. The van der Waals surface area contributed by atoms with Crippen molar-refractivity contribution in [2.24, 2.45) is 5.92 Å². The minimum absolute atomic E-state index is 0.0877. The summed E-state index contributed by atoms with van der Waals surface area (Å²) >= 11 is 0. The molecule has 1 saturated heterocycles. The lowest BCUT2D eigenvalue weighted by Gasteiger charge is -2.31. The van der Waals surface area contributed by atoms with E-state index < -0.39 is 0 Å². The number of hydrogen-bond acceptors (Lipinski definition) is 5. The van der Waals surface area contributed by atoms with Gasteiger partial charge in [0.2, 0.25) is 5.91 Å². The molecule has 1 heterocycles. The largest absolute Gasteiger partial charge is 0.497 e. The molecule has 0 saturated carbocycles. The first-order valence-electron chi connectivity index (χ1n) is 9.37. The molecule has 7 heteroatoms. The zero-order valence-corrected chi connectivity index (χ0v) is 16.5. The Morgan fingerprint density at radius 1 is 1.07 bits per heavy atom. The third kappa shape index (κ3) is 4.85. The van der Waals surface area contributed by atoms with E-state index in [1.54, 1.807) is 61.6 Å². The lowest BCUT2D eigenvalue weighted by atomic mass is 9.95. The topological polar surface area (TPSA) is 91.7 Å². The van der Waals surface area contributed by atoms with Gasteiger partial charge < -0.3 is 19.7 Å². The molecule has 0 aliphatic carbocycles. The second-order valence-corrected chi connectivity index (χ2v) is 6.85. The Kier molecular flexibility index (Phi) is 6.35. The summed E-state index contributed by atoms with van der Waals surface area (Å²) in [6, 6.07) is 14.0. The normalized spacial score (nSPS) is 14.0. The average Bonchev–Trinajstić information content (AvgIpc) is 2.78. The number of nitrogens with one attached hydrogen (secondary N) is 1. The van der Waals surface area contributed by atoms with E-state index >= 15 is 0 Å². The molecule has 150 valence electrons. The molecule has 7 nitrogen and oxygen atoms in total. The summed E-state index contributed by atoms with van der Waals surface area (Å²) < 4.78 is 10.5. The van der Waals surface area contributed by atoms with Gasteiger partial charge in [-0.1, -0.05) is 6.07 Å². The van der Waals surface area contributed by atoms with Crippen LogP contribution in [0.15, 0.2) is 42.5 Å². The SMILES string of the molecule is COc1cc(OC)cc(C(=O)N2CCC(C(=O)Nc3cccc(C#N)c3)CC2)c1. The fraction of sp³-hybridized carbons (Fsp3) is 0.318. The van der Waals surface area contributed by atoms with E-state index in [1.807, 2.05) is 0 Å². The summed E-state index contributed by atoms with van der Waals surface area (Å²) in [7, 11) is 3.08. The fourth-order valence-electron chi connectivity index (χ4n) is 3.37. The molecule has 1 fully saturated rings. The van der Waals surface area contributed by atoms with Crippen molar-refractivity contribution < 1.29 is 19.1 Å². The van der Waals surface area contributed by atoms with Crippen LogP contribution in [-0.2, 0) is 4.79 Å². The maximum absolute atomic E-state index is 12.9. The van der Waals surface area contributed by atoms with Crippen molar-refractivity contribution in [3.05, 3.63) is 53.6 Å². The molecule has 1 aliphatic rings.